The van der Waals surface area contributed by atoms with E-state index in [4.69, 9.17) is 0 Å². The standard InChI is InChI=1S/C16H17BrFNO/c1-11(20)16-14(18)7-4-8-15(16)19(2)10-12-5-3-6-13(17)9-12/h3-9,11,20H,10H2,1-2H3/t11-/m1/s1. The lowest BCUT2D eigenvalue weighted by Gasteiger charge is -2.24. The maximum Gasteiger partial charge on any atom is 0.131 e. The Hall–Kier alpha value is -1.39. The van der Waals surface area contributed by atoms with Gasteiger partial charge in [0.25, 0.3) is 0 Å². The first-order valence-electron chi connectivity index (χ1n) is 6.41. The molecule has 0 radical (unpaired) electrons. The molecule has 0 bridgehead atoms. The fourth-order valence-corrected chi connectivity index (χ4v) is 2.71. The van der Waals surface area contributed by atoms with Crippen molar-refractivity contribution in [1.82, 2.24) is 0 Å². The van der Waals surface area contributed by atoms with Crippen LogP contribution in [0.25, 0.3) is 0 Å². The van der Waals surface area contributed by atoms with Crippen LogP contribution >= 0.6 is 15.9 Å². The van der Waals surface area contributed by atoms with Gasteiger partial charge >= 0.3 is 0 Å². The molecule has 2 nitrogen and oxygen atoms in total. The summed E-state index contributed by atoms with van der Waals surface area (Å²) in [5.74, 6) is -0.376. The van der Waals surface area contributed by atoms with Gasteiger partial charge in [-0.3, -0.25) is 0 Å². The highest BCUT2D eigenvalue weighted by atomic mass is 79.9. The normalized spacial score (nSPS) is 12.2. The molecule has 2 aromatic carbocycles. The predicted molar refractivity (Wildman–Crippen MR) is 83.3 cm³/mol. The number of benzene rings is 2. The summed E-state index contributed by atoms with van der Waals surface area (Å²) in [5.41, 5.74) is 2.16. The van der Waals surface area contributed by atoms with Crippen molar-refractivity contribution < 1.29 is 9.50 Å². The van der Waals surface area contributed by atoms with Crippen LogP contribution in [-0.2, 0) is 6.54 Å². The second-order valence-electron chi connectivity index (χ2n) is 4.83. The highest BCUT2D eigenvalue weighted by Crippen LogP contribution is 2.29. The van der Waals surface area contributed by atoms with Crippen LogP contribution in [0.15, 0.2) is 46.9 Å². The molecule has 0 fully saturated rings. The molecule has 0 aromatic heterocycles. The minimum absolute atomic E-state index is 0.338. The van der Waals surface area contributed by atoms with Crippen LogP contribution < -0.4 is 4.90 Å². The van der Waals surface area contributed by atoms with Gasteiger partial charge in [-0.25, -0.2) is 4.39 Å². The van der Waals surface area contributed by atoms with Crippen molar-refractivity contribution in [1.29, 1.82) is 0 Å². The minimum Gasteiger partial charge on any atom is -0.389 e. The van der Waals surface area contributed by atoms with Crippen molar-refractivity contribution >= 4 is 21.6 Å². The van der Waals surface area contributed by atoms with Crippen LogP contribution in [0.4, 0.5) is 10.1 Å². The Morgan fingerprint density at radius 3 is 2.60 bits per heavy atom. The highest BCUT2D eigenvalue weighted by Gasteiger charge is 2.16. The third-order valence-electron chi connectivity index (χ3n) is 3.17. The number of nitrogens with zero attached hydrogens (tertiary/aromatic N) is 1. The van der Waals surface area contributed by atoms with Gasteiger partial charge in [0.2, 0.25) is 0 Å². The second-order valence-corrected chi connectivity index (χ2v) is 5.75. The zero-order valence-corrected chi connectivity index (χ0v) is 13.1. The lowest BCUT2D eigenvalue weighted by atomic mass is 10.1. The van der Waals surface area contributed by atoms with Gasteiger partial charge in [-0.05, 0) is 36.8 Å². The highest BCUT2D eigenvalue weighted by molar-refractivity contribution is 9.10. The van der Waals surface area contributed by atoms with Crippen molar-refractivity contribution in [2.75, 3.05) is 11.9 Å². The molecule has 1 atom stereocenters. The average Bonchev–Trinajstić information content (AvgIpc) is 2.37. The Morgan fingerprint density at radius 2 is 1.95 bits per heavy atom. The van der Waals surface area contributed by atoms with Gasteiger partial charge in [0.15, 0.2) is 0 Å². The summed E-state index contributed by atoms with van der Waals surface area (Å²) < 4.78 is 14.9. The Balaban J connectivity index is 2.30. The quantitative estimate of drug-likeness (QED) is 0.900. The maximum absolute atomic E-state index is 13.9. The lowest BCUT2D eigenvalue weighted by molar-refractivity contribution is 0.194. The van der Waals surface area contributed by atoms with Crippen molar-refractivity contribution in [2.24, 2.45) is 0 Å². The number of anilines is 1. The molecule has 0 spiro atoms. The van der Waals surface area contributed by atoms with E-state index in [2.05, 4.69) is 15.9 Å². The monoisotopic (exact) mass is 337 g/mol. The Labute approximate surface area is 127 Å². The predicted octanol–water partition coefficient (Wildman–Crippen LogP) is 4.28. The van der Waals surface area contributed by atoms with Gasteiger partial charge in [0.05, 0.1) is 6.10 Å². The Bertz CT molecular complexity index is 601. The number of aliphatic hydroxyl groups is 1. The number of rotatable bonds is 4. The molecule has 0 aliphatic heterocycles. The summed E-state index contributed by atoms with van der Waals surface area (Å²) in [7, 11) is 1.89. The molecule has 0 saturated heterocycles. The molecule has 106 valence electrons. The van der Waals surface area contributed by atoms with Gasteiger partial charge in [-0.1, -0.05) is 34.1 Å². The molecular formula is C16H17BrFNO. The first-order chi connectivity index (χ1) is 9.49. The minimum atomic E-state index is -0.837. The van der Waals surface area contributed by atoms with Crippen molar-refractivity contribution in [3.8, 4) is 0 Å². The van der Waals surface area contributed by atoms with Gasteiger partial charge in [0, 0.05) is 29.3 Å². The van der Waals surface area contributed by atoms with E-state index in [1.54, 1.807) is 13.0 Å². The number of hydrogen-bond donors (Lipinski definition) is 1. The zero-order chi connectivity index (χ0) is 14.7. The topological polar surface area (TPSA) is 23.5 Å². The zero-order valence-electron chi connectivity index (χ0n) is 11.5. The van der Waals surface area contributed by atoms with Crippen LogP contribution in [0.1, 0.15) is 24.2 Å². The summed E-state index contributed by atoms with van der Waals surface area (Å²) >= 11 is 3.44. The lowest BCUT2D eigenvalue weighted by Crippen LogP contribution is -2.19. The third kappa shape index (κ3) is 3.38. The summed E-state index contributed by atoms with van der Waals surface area (Å²) in [4.78, 5) is 1.94. The third-order valence-corrected chi connectivity index (χ3v) is 3.66. The largest absolute Gasteiger partial charge is 0.389 e. The average molecular weight is 338 g/mol. The van der Waals surface area contributed by atoms with E-state index >= 15 is 0 Å². The fourth-order valence-electron chi connectivity index (χ4n) is 2.27. The molecule has 4 heteroatoms. The van der Waals surface area contributed by atoms with E-state index in [0.717, 1.165) is 10.0 Å². The molecule has 0 aliphatic carbocycles. The first-order valence-corrected chi connectivity index (χ1v) is 7.20. The van der Waals surface area contributed by atoms with E-state index < -0.39 is 6.10 Å². The van der Waals surface area contributed by atoms with E-state index in [0.29, 0.717) is 17.8 Å². The van der Waals surface area contributed by atoms with Crippen LogP contribution in [0, 0.1) is 5.82 Å². The van der Waals surface area contributed by atoms with Crippen LogP contribution in [0.2, 0.25) is 0 Å². The van der Waals surface area contributed by atoms with E-state index in [9.17, 15) is 9.50 Å². The second kappa shape index (κ2) is 6.37. The van der Waals surface area contributed by atoms with Gasteiger partial charge in [-0.15, -0.1) is 0 Å². The van der Waals surface area contributed by atoms with E-state index in [1.807, 2.05) is 42.3 Å². The van der Waals surface area contributed by atoms with E-state index in [-0.39, 0.29) is 5.82 Å². The number of hydrogen-bond acceptors (Lipinski definition) is 2. The molecule has 0 aliphatic rings. The summed E-state index contributed by atoms with van der Waals surface area (Å²) in [6.45, 7) is 2.22. The molecule has 0 saturated carbocycles. The molecule has 1 N–H and O–H groups in total. The first kappa shape index (κ1) is 15.0. The number of aliphatic hydroxyl groups excluding tert-OH is 1. The summed E-state index contributed by atoms with van der Waals surface area (Å²) in [6, 6.07) is 12.8. The van der Waals surface area contributed by atoms with Gasteiger partial charge in [0.1, 0.15) is 5.82 Å². The smallest absolute Gasteiger partial charge is 0.131 e. The SMILES string of the molecule is C[C@@H](O)c1c(F)cccc1N(C)Cc1cccc(Br)c1. The van der Waals surface area contributed by atoms with Crippen LogP contribution in [0.5, 0.6) is 0 Å². The molecule has 2 rings (SSSR count). The molecule has 2 aromatic rings. The van der Waals surface area contributed by atoms with Crippen molar-refractivity contribution in [3.63, 3.8) is 0 Å². The molecular weight excluding hydrogens is 321 g/mol. The van der Waals surface area contributed by atoms with Crippen LogP contribution in [0.3, 0.4) is 0 Å². The molecule has 0 amide bonds. The van der Waals surface area contributed by atoms with Crippen LogP contribution in [-0.4, -0.2) is 12.2 Å². The Morgan fingerprint density at radius 1 is 1.25 bits per heavy atom. The maximum atomic E-state index is 13.9. The van der Waals surface area contributed by atoms with Crippen molar-refractivity contribution in [3.05, 3.63) is 63.9 Å². The molecule has 0 unspecified atom stereocenters. The Kier molecular flexibility index (Phi) is 4.78. The molecule has 20 heavy (non-hydrogen) atoms. The number of halogens is 2. The van der Waals surface area contributed by atoms with Gasteiger partial charge < -0.3 is 10.0 Å². The van der Waals surface area contributed by atoms with Gasteiger partial charge in [-0.2, -0.15) is 0 Å². The molecule has 0 heterocycles. The van der Waals surface area contributed by atoms with E-state index in [1.165, 1.54) is 6.07 Å². The van der Waals surface area contributed by atoms with Crippen molar-refractivity contribution in [2.45, 2.75) is 19.6 Å². The summed E-state index contributed by atoms with van der Waals surface area (Å²) in [5, 5.41) is 9.77. The fraction of sp³-hybridized carbons (Fsp3) is 0.250. The summed E-state index contributed by atoms with van der Waals surface area (Å²) in [6.07, 6.45) is -0.837.